The molecule has 1 unspecified atom stereocenters. The van der Waals surface area contributed by atoms with E-state index >= 15 is 4.39 Å². The fourth-order valence-electron chi connectivity index (χ4n) is 3.81. The summed E-state index contributed by atoms with van der Waals surface area (Å²) in [7, 11) is 0. The Hall–Kier alpha value is -2.84. The first-order valence-corrected chi connectivity index (χ1v) is 10.2. The van der Waals surface area contributed by atoms with Crippen molar-refractivity contribution in [2.45, 2.75) is 44.1 Å². The number of ether oxygens (including phenoxy) is 1. The lowest BCUT2D eigenvalue weighted by atomic mass is 9.78. The second-order valence-electron chi connectivity index (χ2n) is 7.64. The van der Waals surface area contributed by atoms with Crippen molar-refractivity contribution in [2.75, 3.05) is 6.67 Å². The van der Waals surface area contributed by atoms with Gasteiger partial charge >= 0.3 is 6.36 Å². The number of hydrogen-bond donors (Lipinski definition) is 0. The first-order valence-electron chi connectivity index (χ1n) is 10.2. The van der Waals surface area contributed by atoms with Crippen LogP contribution in [-0.2, 0) is 12.1 Å². The third kappa shape index (κ3) is 5.75. The summed E-state index contributed by atoms with van der Waals surface area (Å²) in [6.45, 7) is -0.449. The van der Waals surface area contributed by atoms with Crippen LogP contribution in [0, 0.1) is 11.6 Å². The predicted octanol–water partition coefficient (Wildman–Crippen LogP) is 8.05. The molecule has 3 rings (SSSR count). The normalized spacial score (nSPS) is 18.7. The maximum atomic E-state index is 16.2. The lowest BCUT2D eigenvalue weighted by Gasteiger charge is -2.31. The third-order valence-corrected chi connectivity index (χ3v) is 5.30. The smallest absolute Gasteiger partial charge is 0.403 e. The van der Waals surface area contributed by atoms with Crippen LogP contribution in [0.1, 0.15) is 42.4 Å². The number of aryl methyl sites for hydroxylation is 1. The minimum atomic E-state index is -5.15. The summed E-state index contributed by atoms with van der Waals surface area (Å²) < 4.78 is 113. The molecule has 0 heterocycles. The molecule has 2 aromatic rings. The number of alkyl halides is 5. The molecule has 33 heavy (non-hydrogen) atoms. The Balaban J connectivity index is 1.95. The minimum absolute atomic E-state index is 0.386. The first-order chi connectivity index (χ1) is 15.5. The topological polar surface area (TPSA) is 9.23 Å². The molecule has 0 fully saturated rings. The number of benzene rings is 2. The molecule has 0 saturated carbocycles. The number of halogens is 8. The Bertz CT molecular complexity index is 1060. The third-order valence-electron chi connectivity index (χ3n) is 5.30. The van der Waals surface area contributed by atoms with Crippen LogP contribution in [0.15, 0.2) is 54.4 Å². The molecule has 0 radical (unpaired) electrons. The Morgan fingerprint density at radius 2 is 1.67 bits per heavy atom. The lowest BCUT2D eigenvalue weighted by Crippen LogP contribution is -2.26. The highest BCUT2D eigenvalue weighted by Crippen LogP contribution is 2.49. The highest BCUT2D eigenvalue weighted by Gasteiger charge is 2.42. The second kappa shape index (κ2) is 9.97. The van der Waals surface area contributed by atoms with E-state index in [2.05, 4.69) is 4.74 Å². The molecule has 1 nitrogen and oxygen atoms in total. The van der Waals surface area contributed by atoms with Crippen LogP contribution < -0.4 is 4.74 Å². The maximum absolute atomic E-state index is 16.2. The van der Waals surface area contributed by atoms with Crippen LogP contribution in [0.3, 0.4) is 0 Å². The predicted molar refractivity (Wildman–Crippen MR) is 108 cm³/mol. The highest BCUT2D eigenvalue weighted by molar-refractivity contribution is 5.79. The van der Waals surface area contributed by atoms with Gasteiger partial charge in [0.2, 0.25) is 0 Å². The van der Waals surface area contributed by atoms with Crippen LogP contribution in [0.2, 0.25) is 0 Å². The van der Waals surface area contributed by atoms with Crippen LogP contribution in [0.5, 0.6) is 5.75 Å². The number of unbranched alkanes of at least 4 members (excludes halogenated alkanes) is 2. The van der Waals surface area contributed by atoms with Crippen molar-refractivity contribution < 1.29 is 39.9 Å². The molecule has 0 N–H and O–H groups in total. The number of rotatable bonds is 8. The van der Waals surface area contributed by atoms with Gasteiger partial charge in [0.15, 0.2) is 17.2 Å². The molecule has 1 atom stereocenters. The Morgan fingerprint density at radius 3 is 2.30 bits per heavy atom. The van der Waals surface area contributed by atoms with E-state index in [0.29, 0.717) is 43.4 Å². The summed E-state index contributed by atoms with van der Waals surface area (Å²) in [5, 5.41) is 0. The fraction of sp³-hybridized carbons (Fsp3) is 0.333. The molecular weight excluding hydrogens is 456 g/mol. The van der Waals surface area contributed by atoms with Crippen LogP contribution >= 0.6 is 0 Å². The van der Waals surface area contributed by atoms with E-state index in [9.17, 15) is 30.7 Å². The van der Waals surface area contributed by atoms with Gasteiger partial charge < -0.3 is 4.74 Å². The standard InChI is InChI=1S/C24H20F8O/c25-12-3-1-2-5-15-7-9-17(19(27)13-15)23(29)11-4-6-18(26)22(23)16-8-10-21(20(28)14-16)33-24(30,31)32/h4,6-10,13-14H,1-3,5,11-12H2. The van der Waals surface area contributed by atoms with Crippen LogP contribution in [-0.4, -0.2) is 13.0 Å². The van der Waals surface area contributed by atoms with E-state index in [4.69, 9.17) is 0 Å². The summed E-state index contributed by atoms with van der Waals surface area (Å²) in [6.07, 6.45) is -1.49. The van der Waals surface area contributed by atoms with Crippen LogP contribution in [0.4, 0.5) is 35.1 Å². The van der Waals surface area contributed by atoms with Gasteiger partial charge in [-0.2, -0.15) is 0 Å². The van der Waals surface area contributed by atoms with Crippen molar-refractivity contribution in [3.05, 3.63) is 82.7 Å². The molecule has 0 aromatic heterocycles. The van der Waals surface area contributed by atoms with Gasteiger partial charge in [-0.05, 0) is 54.7 Å². The van der Waals surface area contributed by atoms with Crippen molar-refractivity contribution in [1.82, 2.24) is 0 Å². The monoisotopic (exact) mass is 476 g/mol. The molecule has 0 bridgehead atoms. The van der Waals surface area contributed by atoms with E-state index in [1.807, 2.05) is 0 Å². The minimum Gasteiger partial charge on any atom is -0.403 e. The summed E-state index contributed by atoms with van der Waals surface area (Å²) >= 11 is 0. The van der Waals surface area contributed by atoms with E-state index < -0.39 is 59.5 Å². The van der Waals surface area contributed by atoms with E-state index in [-0.39, 0.29) is 5.56 Å². The molecule has 0 spiro atoms. The molecule has 1 aliphatic carbocycles. The second-order valence-corrected chi connectivity index (χ2v) is 7.64. The van der Waals surface area contributed by atoms with Crippen molar-refractivity contribution in [1.29, 1.82) is 0 Å². The zero-order chi connectivity index (χ0) is 24.2. The van der Waals surface area contributed by atoms with Gasteiger partial charge in [0.25, 0.3) is 0 Å². The quantitative estimate of drug-likeness (QED) is 0.277. The van der Waals surface area contributed by atoms with Crippen molar-refractivity contribution in [2.24, 2.45) is 0 Å². The molecule has 0 saturated heterocycles. The lowest BCUT2D eigenvalue weighted by molar-refractivity contribution is -0.275. The van der Waals surface area contributed by atoms with Gasteiger partial charge in [0.1, 0.15) is 11.6 Å². The summed E-state index contributed by atoms with van der Waals surface area (Å²) in [6, 6.07) is 5.76. The highest BCUT2D eigenvalue weighted by atomic mass is 19.4. The Labute approximate surface area is 185 Å². The van der Waals surface area contributed by atoms with E-state index in [0.717, 1.165) is 24.3 Å². The zero-order valence-corrected chi connectivity index (χ0v) is 17.3. The fourth-order valence-corrected chi connectivity index (χ4v) is 3.81. The van der Waals surface area contributed by atoms with E-state index in [1.165, 1.54) is 12.1 Å². The Kier molecular flexibility index (Phi) is 7.49. The van der Waals surface area contributed by atoms with Crippen molar-refractivity contribution in [3.8, 4) is 5.75 Å². The SMILES string of the molecule is FCCCCCc1ccc(C2(F)CC=CC(F)=C2c2ccc(OC(F)(F)F)c(F)c2)c(F)c1. The maximum Gasteiger partial charge on any atom is 0.573 e. The summed E-state index contributed by atoms with van der Waals surface area (Å²) in [4.78, 5) is 0. The molecule has 0 amide bonds. The zero-order valence-electron chi connectivity index (χ0n) is 17.3. The molecular formula is C24H20F8O. The molecule has 178 valence electrons. The van der Waals surface area contributed by atoms with Gasteiger partial charge in [0, 0.05) is 17.6 Å². The largest absolute Gasteiger partial charge is 0.573 e. The average Bonchev–Trinajstić information content (AvgIpc) is 2.72. The number of allylic oxidation sites excluding steroid dienone is 4. The molecule has 9 heteroatoms. The van der Waals surface area contributed by atoms with Crippen molar-refractivity contribution >= 4 is 5.57 Å². The molecule has 0 aliphatic heterocycles. The van der Waals surface area contributed by atoms with Gasteiger partial charge in [-0.15, -0.1) is 13.2 Å². The first kappa shape index (κ1) is 24.8. The average molecular weight is 476 g/mol. The number of hydrogen-bond acceptors (Lipinski definition) is 1. The van der Waals surface area contributed by atoms with Crippen LogP contribution in [0.25, 0.3) is 5.57 Å². The Morgan fingerprint density at radius 1 is 0.909 bits per heavy atom. The summed E-state index contributed by atoms with van der Waals surface area (Å²) in [5.74, 6) is -4.70. The van der Waals surface area contributed by atoms with E-state index in [1.54, 1.807) is 0 Å². The van der Waals surface area contributed by atoms with Gasteiger partial charge in [0.05, 0.1) is 6.67 Å². The van der Waals surface area contributed by atoms with Gasteiger partial charge in [-0.25, -0.2) is 17.6 Å². The molecule has 2 aromatic carbocycles. The molecule has 1 aliphatic rings. The van der Waals surface area contributed by atoms with Gasteiger partial charge in [-0.1, -0.05) is 30.7 Å². The van der Waals surface area contributed by atoms with Crippen molar-refractivity contribution in [3.63, 3.8) is 0 Å². The summed E-state index contributed by atoms with van der Waals surface area (Å²) in [5.41, 5.74) is -3.75. The van der Waals surface area contributed by atoms with Gasteiger partial charge in [-0.3, -0.25) is 4.39 Å².